The Bertz CT molecular complexity index is 1350. The Hall–Kier alpha value is -3.82. The lowest BCUT2D eigenvalue weighted by Crippen LogP contribution is -2.36. The van der Waals surface area contributed by atoms with Crippen molar-refractivity contribution in [2.75, 3.05) is 18.5 Å². The van der Waals surface area contributed by atoms with E-state index >= 15 is 0 Å². The summed E-state index contributed by atoms with van der Waals surface area (Å²) in [5.74, 6) is -0.778. The maximum atomic E-state index is 14.1. The average Bonchev–Trinajstić information content (AvgIpc) is 3.13. The standard InChI is InChI=1S/C27H22ClFN2O5S/c1-2-35-23-13-17(11-12-22(23)36-16-19-20(28)9-6-10-21(19)29)14-24-26(33)31(27(34)37-24)15-25(32)30-18-7-4-3-5-8-18/h3-14H,2,15-16H2,1H3,(H,30,32)/b24-14-. The van der Waals surface area contributed by atoms with Crippen molar-refractivity contribution in [1.29, 1.82) is 0 Å². The summed E-state index contributed by atoms with van der Waals surface area (Å²) in [5, 5.41) is 2.37. The van der Waals surface area contributed by atoms with Crippen LogP contribution in [-0.2, 0) is 16.2 Å². The summed E-state index contributed by atoms with van der Waals surface area (Å²) in [4.78, 5) is 38.7. The third-order valence-electron chi connectivity index (χ3n) is 5.23. The van der Waals surface area contributed by atoms with Gasteiger partial charge in [-0.3, -0.25) is 19.3 Å². The Morgan fingerprint density at radius 2 is 1.84 bits per heavy atom. The molecule has 0 saturated carbocycles. The molecule has 3 amide bonds. The third-order valence-corrected chi connectivity index (χ3v) is 6.49. The van der Waals surface area contributed by atoms with Crippen LogP contribution < -0.4 is 14.8 Å². The maximum absolute atomic E-state index is 14.1. The van der Waals surface area contributed by atoms with Crippen molar-refractivity contribution in [3.63, 3.8) is 0 Å². The lowest BCUT2D eigenvalue weighted by molar-refractivity contribution is -0.127. The van der Waals surface area contributed by atoms with Gasteiger partial charge in [0.25, 0.3) is 11.1 Å². The minimum absolute atomic E-state index is 0.102. The molecule has 1 aliphatic rings. The molecule has 3 aromatic carbocycles. The van der Waals surface area contributed by atoms with E-state index in [4.69, 9.17) is 21.1 Å². The normalized spacial score (nSPS) is 14.2. The smallest absolute Gasteiger partial charge is 0.294 e. The van der Waals surface area contributed by atoms with Gasteiger partial charge in [0.15, 0.2) is 11.5 Å². The molecule has 1 heterocycles. The van der Waals surface area contributed by atoms with Gasteiger partial charge in [-0.15, -0.1) is 0 Å². The predicted molar refractivity (Wildman–Crippen MR) is 141 cm³/mol. The number of halogens is 2. The van der Waals surface area contributed by atoms with E-state index in [9.17, 15) is 18.8 Å². The summed E-state index contributed by atoms with van der Waals surface area (Å²) in [6.45, 7) is 1.64. The Morgan fingerprint density at radius 3 is 2.57 bits per heavy atom. The van der Waals surface area contributed by atoms with E-state index in [0.717, 1.165) is 16.7 Å². The van der Waals surface area contributed by atoms with E-state index in [2.05, 4.69) is 5.32 Å². The highest BCUT2D eigenvalue weighted by atomic mass is 35.5. The van der Waals surface area contributed by atoms with Crippen LogP contribution in [0.15, 0.2) is 71.6 Å². The molecule has 4 rings (SSSR count). The molecule has 7 nitrogen and oxygen atoms in total. The van der Waals surface area contributed by atoms with Crippen molar-refractivity contribution in [2.24, 2.45) is 0 Å². The summed E-state index contributed by atoms with van der Waals surface area (Å²) in [5.41, 5.74) is 1.37. The molecule has 0 unspecified atom stereocenters. The fourth-order valence-electron chi connectivity index (χ4n) is 3.48. The van der Waals surface area contributed by atoms with Crippen LogP contribution >= 0.6 is 23.4 Å². The molecule has 1 fully saturated rings. The minimum atomic E-state index is -0.564. The molecule has 0 radical (unpaired) electrons. The molecule has 1 aliphatic heterocycles. The van der Waals surface area contributed by atoms with Gasteiger partial charge in [0.2, 0.25) is 5.91 Å². The molecule has 1 saturated heterocycles. The summed E-state index contributed by atoms with van der Waals surface area (Å²) in [6, 6.07) is 18.1. The Labute approximate surface area is 222 Å². The number of ether oxygens (including phenoxy) is 2. The van der Waals surface area contributed by atoms with Gasteiger partial charge in [-0.05, 0) is 66.7 Å². The van der Waals surface area contributed by atoms with Crippen LogP contribution in [0.25, 0.3) is 6.08 Å². The van der Waals surface area contributed by atoms with Crippen LogP contribution in [0.4, 0.5) is 14.9 Å². The van der Waals surface area contributed by atoms with Crippen LogP contribution in [0.5, 0.6) is 11.5 Å². The number of anilines is 1. The zero-order valence-corrected chi connectivity index (χ0v) is 21.3. The summed E-state index contributed by atoms with van der Waals surface area (Å²) < 4.78 is 25.5. The fraction of sp³-hybridized carbons (Fsp3) is 0.148. The molecule has 10 heteroatoms. The Morgan fingerprint density at radius 1 is 1.05 bits per heavy atom. The lowest BCUT2D eigenvalue weighted by atomic mass is 10.1. The van der Waals surface area contributed by atoms with E-state index in [1.54, 1.807) is 61.5 Å². The number of carbonyl (C=O) groups excluding carboxylic acids is 3. The number of rotatable bonds is 9. The summed E-state index contributed by atoms with van der Waals surface area (Å²) >= 11 is 6.83. The fourth-order valence-corrected chi connectivity index (χ4v) is 4.53. The second-order valence-electron chi connectivity index (χ2n) is 7.81. The van der Waals surface area contributed by atoms with Crippen LogP contribution in [0.3, 0.4) is 0 Å². The molecule has 1 N–H and O–H groups in total. The number of nitrogens with one attached hydrogen (secondary N) is 1. The topological polar surface area (TPSA) is 84.9 Å². The van der Waals surface area contributed by atoms with E-state index in [1.165, 1.54) is 12.1 Å². The first-order valence-electron chi connectivity index (χ1n) is 11.3. The highest BCUT2D eigenvalue weighted by Gasteiger charge is 2.36. The van der Waals surface area contributed by atoms with Gasteiger partial charge in [-0.25, -0.2) is 4.39 Å². The van der Waals surface area contributed by atoms with Crippen molar-refractivity contribution in [3.05, 3.63) is 93.6 Å². The largest absolute Gasteiger partial charge is 0.490 e. The monoisotopic (exact) mass is 540 g/mol. The number of hydrogen-bond donors (Lipinski definition) is 1. The minimum Gasteiger partial charge on any atom is -0.490 e. The van der Waals surface area contributed by atoms with Gasteiger partial charge in [0, 0.05) is 11.3 Å². The Kier molecular flexibility index (Phi) is 8.47. The average molecular weight is 541 g/mol. The maximum Gasteiger partial charge on any atom is 0.294 e. The number of thioether (sulfide) groups is 1. The SMILES string of the molecule is CCOc1cc(/C=C2\SC(=O)N(CC(=O)Nc3ccccc3)C2=O)ccc1OCc1c(F)cccc1Cl. The molecule has 0 aromatic heterocycles. The number of nitrogens with zero attached hydrogens (tertiary/aromatic N) is 1. The van der Waals surface area contributed by atoms with E-state index in [1.807, 2.05) is 6.07 Å². The first-order valence-corrected chi connectivity index (χ1v) is 12.5. The van der Waals surface area contributed by atoms with Crippen LogP contribution in [0.1, 0.15) is 18.1 Å². The quantitative estimate of drug-likeness (QED) is 0.329. The second-order valence-corrected chi connectivity index (χ2v) is 9.21. The first kappa shape index (κ1) is 26.2. The van der Waals surface area contributed by atoms with Gasteiger partial charge >= 0.3 is 0 Å². The molecule has 0 bridgehead atoms. The second kappa shape index (κ2) is 11.9. The van der Waals surface area contributed by atoms with Gasteiger partial charge in [-0.2, -0.15) is 0 Å². The van der Waals surface area contributed by atoms with Gasteiger partial charge in [-0.1, -0.05) is 41.9 Å². The number of hydrogen-bond acceptors (Lipinski definition) is 6. The molecular weight excluding hydrogens is 519 g/mol. The van der Waals surface area contributed by atoms with Gasteiger partial charge in [0.1, 0.15) is 19.0 Å². The summed E-state index contributed by atoms with van der Waals surface area (Å²) in [6.07, 6.45) is 1.54. The molecule has 190 valence electrons. The van der Waals surface area contributed by atoms with E-state index in [0.29, 0.717) is 29.4 Å². The number of amides is 3. The molecule has 3 aromatic rings. The molecule has 0 aliphatic carbocycles. The van der Waals surface area contributed by atoms with Crippen LogP contribution in [0, 0.1) is 5.82 Å². The zero-order valence-electron chi connectivity index (χ0n) is 19.7. The van der Waals surface area contributed by atoms with Crippen molar-refractivity contribution >= 4 is 52.2 Å². The molecule has 37 heavy (non-hydrogen) atoms. The lowest BCUT2D eigenvalue weighted by Gasteiger charge is -2.14. The van der Waals surface area contributed by atoms with Crippen molar-refractivity contribution in [1.82, 2.24) is 4.90 Å². The zero-order chi connectivity index (χ0) is 26.4. The van der Waals surface area contributed by atoms with Gasteiger partial charge < -0.3 is 14.8 Å². The van der Waals surface area contributed by atoms with Crippen LogP contribution in [0.2, 0.25) is 5.02 Å². The third kappa shape index (κ3) is 6.49. The van der Waals surface area contributed by atoms with Gasteiger partial charge in [0.05, 0.1) is 16.5 Å². The predicted octanol–water partition coefficient (Wildman–Crippen LogP) is 6.13. The number of imide groups is 1. The number of benzene rings is 3. The van der Waals surface area contributed by atoms with E-state index in [-0.39, 0.29) is 22.1 Å². The summed E-state index contributed by atoms with van der Waals surface area (Å²) in [7, 11) is 0. The van der Waals surface area contributed by atoms with Crippen molar-refractivity contribution in [2.45, 2.75) is 13.5 Å². The highest BCUT2D eigenvalue weighted by molar-refractivity contribution is 8.18. The highest BCUT2D eigenvalue weighted by Crippen LogP contribution is 2.35. The van der Waals surface area contributed by atoms with Crippen molar-refractivity contribution in [3.8, 4) is 11.5 Å². The van der Waals surface area contributed by atoms with Crippen LogP contribution in [-0.4, -0.2) is 35.1 Å². The Balaban J connectivity index is 1.47. The first-order chi connectivity index (χ1) is 17.9. The molecule has 0 spiro atoms. The number of para-hydroxylation sites is 1. The molecular formula is C27H22ClFN2O5S. The molecule has 0 atom stereocenters. The van der Waals surface area contributed by atoms with E-state index < -0.39 is 29.4 Å². The van der Waals surface area contributed by atoms with Crippen molar-refractivity contribution < 1.29 is 28.2 Å². The number of carbonyl (C=O) groups is 3.